The summed E-state index contributed by atoms with van der Waals surface area (Å²) in [5.41, 5.74) is 0.841. The Bertz CT molecular complexity index is 427. The molecule has 2 rings (SSSR count). The first-order chi connectivity index (χ1) is 9.61. The summed E-state index contributed by atoms with van der Waals surface area (Å²) in [5.74, 6) is 0. The molecule has 0 spiro atoms. The zero-order valence-corrected chi connectivity index (χ0v) is 12.8. The summed E-state index contributed by atoms with van der Waals surface area (Å²) in [7, 11) is 0. The average molecular weight is 298 g/mol. The van der Waals surface area contributed by atoms with E-state index in [-0.39, 0.29) is 12.1 Å². The standard InChI is InChI=1S/C16H24ClNO2/c1-2-15(19)14-8-3-4-9-18(14)11-16(20)12-6-5-7-13(17)10-12/h5-7,10,14-16,19-20H,2-4,8-9,11H2,1H3. The minimum absolute atomic E-state index is 0.169. The van der Waals surface area contributed by atoms with E-state index in [4.69, 9.17) is 11.6 Å². The van der Waals surface area contributed by atoms with Gasteiger partial charge in [-0.05, 0) is 43.5 Å². The zero-order chi connectivity index (χ0) is 14.5. The van der Waals surface area contributed by atoms with Crippen LogP contribution in [0, 0.1) is 0 Å². The molecule has 1 aliphatic heterocycles. The van der Waals surface area contributed by atoms with Crippen molar-refractivity contribution in [3.63, 3.8) is 0 Å². The van der Waals surface area contributed by atoms with E-state index in [0.717, 1.165) is 37.8 Å². The Morgan fingerprint density at radius 1 is 1.35 bits per heavy atom. The van der Waals surface area contributed by atoms with E-state index >= 15 is 0 Å². The molecule has 1 aromatic rings. The Hall–Kier alpha value is -0.610. The van der Waals surface area contributed by atoms with E-state index in [1.807, 2.05) is 25.1 Å². The largest absolute Gasteiger partial charge is 0.392 e. The molecule has 112 valence electrons. The van der Waals surface area contributed by atoms with Crippen LogP contribution in [-0.2, 0) is 0 Å². The van der Waals surface area contributed by atoms with Crippen LogP contribution in [0.5, 0.6) is 0 Å². The molecule has 0 aromatic heterocycles. The fourth-order valence-corrected chi connectivity index (χ4v) is 3.19. The smallest absolute Gasteiger partial charge is 0.0917 e. The maximum atomic E-state index is 10.4. The van der Waals surface area contributed by atoms with Crippen molar-refractivity contribution in [1.29, 1.82) is 0 Å². The lowest BCUT2D eigenvalue weighted by atomic mass is 9.95. The van der Waals surface area contributed by atoms with E-state index in [2.05, 4.69) is 4.90 Å². The number of aliphatic hydroxyl groups excluding tert-OH is 2. The Kier molecular flexibility index (Phi) is 5.85. The minimum atomic E-state index is -0.557. The highest BCUT2D eigenvalue weighted by atomic mass is 35.5. The lowest BCUT2D eigenvalue weighted by Crippen LogP contribution is -2.48. The van der Waals surface area contributed by atoms with Gasteiger partial charge in [-0.25, -0.2) is 0 Å². The van der Waals surface area contributed by atoms with Gasteiger partial charge in [0.25, 0.3) is 0 Å². The van der Waals surface area contributed by atoms with Crippen molar-refractivity contribution in [3.05, 3.63) is 34.9 Å². The second-order valence-electron chi connectivity index (χ2n) is 5.60. The van der Waals surface area contributed by atoms with Crippen LogP contribution in [-0.4, -0.2) is 40.3 Å². The molecule has 2 N–H and O–H groups in total. The second kappa shape index (κ2) is 7.41. The van der Waals surface area contributed by atoms with Crippen LogP contribution in [0.1, 0.15) is 44.3 Å². The maximum Gasteiger partial charge on any atom is 0.0917 e. The van der Waals surface area contributed by atoms with Gasteiger partial charge >= 0.3 is 0 Å². The predicted octanol–water partition coefficient (Wildman–Crippen LogP) is 3.00. The van der Waals surface area contributed by atoms with E-state index in [9.17, 15) is 10.2 Å². The van der Waals surface area contributed by atoms with Gasteiger partial charge in [0.1, 0.15) is 0 Å². The number of piperidine rings is 1. The van der Waals surface area contributed by atoms with Gasteiger partial charge in [0.2, 0.25) is 0 Å². The molecule has 0 aliphatic carbocycles. The van der Waals surface area contributed by atoms with Gasteiger partial charge in [0.05, 0.1) is 12.2 Å². The third kappa shape index (κ3) is 3.95. The molecule has 3 unspecified atom stereocenters. The third-order valence-corrected chi connectivity index (χ3v) is 4.40. The van der Waals surface area contributed by atoms with E-state index < -0.39 is 6.10 Å². The summed E-state index contributed by atoms with van der Waals surface area (Å²) >= 11 is 5.97. The molecule has 1 aromatic carbocycles. The van der Waals surface area contributed by atoms with Crippen LogP contribution in [0.15, 0.2) is 24.3 Å². The molecule has 20 heavy (non-hydrogen) atoms. The summed E-state index contributed by atoms with van der Waals surface area (Å²) in [4.78, 5) is 2.23. The number of hydrogen-bond donors (Lipinski definition) is 2. The lowest BCUT2D eigenvalue weighted by Gasteiger charge is -2.39. The molecule has 1 fully saturated rings. The van der Waals surface area contributed by atoms with E-state index in [1.165, 1.54) is 0 Å². The molecule has 1 heterocycles. The van der Waals surface area contributed by atoms with Gasteiger partial charge in [0.15, 0.2) is 0 Å². The number of halogens is 1. The SMILES string of the molecule is CCC(O)C1CCCCN1CC(O)c1cccc(Cl)c1. The number of rotatable bonds is 5. The molecular weight excluding hydrogens is 274 g/mol. The molecule has 3 nitrogen and oxygen atoms in total. The molecule has 0 saturated carbocycles. The first-order valence-corrected chi connectivity index (χ1v) is 7.85. The average Bonchev–Trinajstić information content (AvgIpc) is 2.47. The Labute approximate surface area is 126 Å². The molecule has 0 bridgehead atoms. The van der Waals surface area contributed by atoms with Crippen LogP contribution in [0.2, 0.25) is 5.02 Å². The first kappa shape index (κ1) is 15.8. The van der Waals surface area contributed by atoms with Crippen molar-refractivity contribution >= 4 is 11.6 Å². The van der Waals surface area contributed by atoms with Gasteiger partial charge in [0, 0.05) is 17.6 Å². The fraction of sp³-hybridized carbons (Fsp3) is 0.625. The quantitative estimate of drug-likeness (QED) is 0.878. The van der Waals surface area contributed by atoms with Crippen molar-refractivity contribution in [2.45, 2.75) is 50.9 Å². The lowest BCUT2D eigenvalue weighted by molar-refractivity contribution is -0.00120. The third-order valence-electron chi connectivity index (χ3n) is 4.17. The number of nitrogens with zero attached hydrogens (tertiary/aromatic N) is 1. The molecule has 1 aliphatic rings. The zero-order valence-electron chi connectivity index (χ0n) is 12.0. The number of likely N-dealkylation sites (tertiary alicyclic amines) is 1. The molecule has 0 radical (unpaired) electrons. The molecule has 4 heteroatoms. The summed E-state index contributed by atoms with van der Waals surface area (Å²) < 4.78 is 0. The van der Waals surface area contributed by atoms with Gasteiger partial charge in [-0.3, -0.25) is 4.90 Å². The Balaban J connectivity index is 2.02. The summed E-state index contributed by atoms with van der Waals surface area (Å²) in [6.07, 6.45) is 3.20. The van der Waals surface area contributed by atoms with Crippen LogP contribution in [0.25, 0.3) is 0 Å². The van der Waals surface area contributed by atoms with Gasteiger partial charge in [-0.15, -0.1) is 0 Å². The normalized spacial score (nSPS) is 23.5. The number of hydrogen-bond acceptors (Lipinski definition) is 3. The second-order valence-corrected chi connectivity index (χ2v) is 6.04. The highest BCUT2D eigenvalue weighted by molar-refractivity contribution is 6.30. The Morgan fingerprint density at radius 2 is 2.15 bits per heavy atom. The van der Waals surface area contributed by atoms with Crippen LogP contribution in [0.3, 0.4) is 0 Å². The van der Waals surface area contributed by atoms with Crippen LogP contribution < -0.4 is 0 Å². The van der Waals surface area contributed by atoms with Gasteiger partial charge in [-0.1, -0.05) is 37.1 Å². The Morgan fingerprint density at radius 3 is 2.85 bits per heavy atom. The van der Waals surface area contributed by atoms with Crippen molar-refractivity contribution in [2.75, 3.05) is 13.1 Å². The predicted molar refractivity (Wildman–Crippen MR) is 81.9 cm³/mol. The van der Waals surface area contributed by atoms with Crippen molar-refractivity contribution < 1.29 is 10.2 Å². The topological polar surface area (TPSA) is 43.7 Å². The summed E-state index contributed by atoms with van der Waals surface area (Å²) in [6, 6.07) is 7.54. The van der Waals surface area contributed by atoms with Gasteiger partial charge < -0.3 is 10.2 Å². The van der Waals surface area contributed by atoms with Crippen molar-refractivity contribution in [1.82, 2.24) is 4.90 Å². The minimum Gasteiger partial charge on any atom is -0.392 e. The number of β-amino-alcohol motifs (C(OH)–C–C–N with tert-alkyl or cyclic N) is 1. The van der Waals surface area contributed by atoms with Crippen LogP contribution in [0.4, 0.5) is 0 Å². The number of aliphatic hydroxyl groups is 2. The van der Waals surface area contributed by atoms with Crippen LogP contribution >= 0.6 is 11.6 Å². The van der Waals surface area contributed by atoms with Crippen molar-refractivity contribution in [3.8, 4) is 0 Å². The summed E-state index contributed by atoms with van der Waals surface area (Å²) in [5, 5.41) is 21.2. The molecule has 0 amide bonds. The highest BCUT2D eigenvalue weighted by Crippen LogP contribution is 2.25. The summed E-state index contributed by atoms with van der Waals surface area (Å²) in [6.45, 7) is 3.51. The van der Waals surface area contributed by atoms with Gasteiger partial charge in [-0.2, -0.15) is 0 Å². The monoisotopic (exact) mass is 297 g/mol. The number of benzene rings is 1. The molecule has 3 atom stereocenters. The molecular formula is C16H24ClNO2. The highest BCUT2D eigenvalue weighted by Gasteiger charge is 2.29. The van der Waals surface area contributed by atoms with Crippen molar-refractivity contribution in [2.24, 2.45) is 0 Å². The van der Waals surface area contributed by atoms with E-state index in [1.54, 1.807) is 6.07 Å². The first-order valence-electron chi connectivity index (χ1n) is 7.47. The maximum absolute atomic E-state index is 10.4. The molecule has 1 saturated heterocycles. The fourth-order valence-electron chi connectivity index (χ4n) is 2.99. The van der Waals surface area contributed by atoms with E-state index in [0.29, 0.717) is 11.6 Å².